The molecule has 3 aliphatic rings. The van der Waals surface area contributed by atoms with E-state index in [0.29, 0.717) is 0 Å². The molecular weight excluding hydrogens is 328 g/mol. The number of rotatable bonds is 0. The predicted octanol–water partition coefficient (Wildman–Crippen LogP) is 4.45. The molecule has 0 radical (unpaired) electrons. The first-order valence-corrected chi connectivity index (χ1v) is 9.63. The molecule has 0 bridgehead atoms. The van der Waals surface area contributed by atoms with Crippen molar-refractivity contribution in [3.8, 4) is 0 Å². The third kappa shape index (κ3) is 2.97. The molecule has 0 unspecified atom stereocenters. The van der Waals surface area contributed by atoms with Crippen molar-refractivity contribution in [2.45, 2.75) is 62.9 Å². The van der Waals surface area contributed by atoms with Gasteiger partial charge in [-0.05, 0) is 47.9 Å². The minimum absolute atomic E-state index is 0.736. The van der Waals surface area contributed by atoms with E-state index >= 15 is 0 Å². The first-order valence-electron chi connectivity index (χ1n) is 9.63. The van der Waals surface area contributed by atoms with Crippen LogP contribution in [0, 0.1) is 0 Å². The lowest BCUT2D eigenvalue weighted by Crippen LogP contribution is -2.51. The normalized spacial score (nSPS) is 23.7. The maximum Gasteiger partial charge on any atom is 0.234 e. The first kappa shape index (κ1) is 16.5. The van der Waals surface area contributed by atoms with Gasteiger partial charge in [0.2, 0.25) is 11.6 Å². The van der Waals surface area contributed by atoms with Crippen molar-refractivity contribution in [1.29, 1.82) is 0 Å². The summed E-state index contributed by atoms with van der Waals surface area (Å²) in [4.78, 5) is 23.7. The quantitative estimate of drug-likeness (QED) is 0.657. The highest BCUT2D eigenvalue weighted by atomic mass is 17.4. The Kier molecular flexibility index (Phi) is 4.09. The van der Waals surface area contributed by atoms with E-state index in [2.05, 4.69) is 48.5 Å². The fraction of sp³-hybridized carbons (Fsp3) is 0.455. The van der Waals surface area contributed by atoms with Crippen molar-refractivity contribution in [2.75, 3.05) is 0 Å². The zero-order valence-corrected chi connectivity index (χ0v) is 14.9. The van der Waals surface area contributed by atoms with Crippen molar-refractivity contribution in [1.82, 2.24) is 0 Å². The molecule has 5 rings (SSSR count). The Bertz CT molecular complexity index is 667. The Morgan fingerprint density at radius 2 is 0.731 bits per heavy atom. The summed E-state index contributed by atoms with van der Waals surface area (Å²) < 4.78 is 0. The van der Waals surface area contributed by atoms with E-state index in [0.717, 1.165) is 51.4 Å². The summed E-state index contributed by atoms with van der Waals surface area (Å²) in [6, 6.07) is 17.1. The predicted molar refractivity (Wildman–Crippen MR) is 96.0 cm³/mol. The zero-order valence-electron chi connectivity index (χ0n) is 14.9. The molecule has 0 saturated carbocycles. The molecule has 2 spiro atoms. The smallest absolute Gasteiger partial charge is 0.195 e. The van der Waals surface area contributed by atoms with Gasteiger partial charge in [-0.3, -0.25) is 0 Å². The second-order valence-electron chi connectivity index (χ2n) is 7.69. The molecule has 0 atom stereocenters. The van der Waals surface area contributed by atoms with Crippen LogP contribution in [0.15, 0.2) is 48.5 Å². The molecule has 2 aliphatic carbocycles. The monoisotopic (exact) mass is 352 g/mol. The maximum absolute atomic E-state index is 5.92. The van der Waals surface area contributed by atoms with Gasteiger partial charge in [-0.15, -0.1) is 0 Å². The summed E-state index contributed by atoms with van der Waals surface area (Å²) in [7, 11) is 0. The van der Waals surface area contributed by atoms with E-state index in [1.807, 2.05) is 0 Å². The molecule has 0 aromatic heterocycles. The number of fused-ring (bicyclic) bond motifs is 2. The molecule has 0 amide bonds. The molecule has 1 saturated heterocycles. The van der Waals surface area contributed by atoms with E-state index in [-0.39, 0.29) is 0 Å². The Morgan fingerprint density at radius 1 is 0.462 bits per heavy atom. The van der Waals surface area contributed by atoms with E-state index in [1.165, 1.54) is 22.3 Å². The molecule has 1 heterocycles. The lowest BCUT2D eigenvalue weighted by Gasteiger charge is -2.42. The molecule has 4 nitrogen and oxygen atoms in total. The SMILES string of the molecule is c1ccc2c(c1)CCC1(CC2)OOC2(CCc3ccccc3CC2)OO1. The molecular formula is C22H24O4. The van der Waals surface area contributed by atoms with Gasteiger partial charge in [-0.25, -0.2) is 0 Å². The number of hydrogen-bond acceptors (Lipinski definition) is 4. The average Bonchev–Trinajstić information content (AvgIpc) is 2.99. The minimum atomic E-state index is -0.802. The lowest BCUT2D eigenvalue weighted by atomic mass is 10.0. The van der Waals surface area contributed by atoms with Crippen LogP contribution in [0.25, 0.3) is 0 Å². The summed E-state index contributed by atoms with van der Waals surface area (Å²) >= 11 is 0. The summed E-state index contributed by atoms with van der Waals surface area (Å²) in [5.74, 6) is -1.60. The Morgan fingerprint density at radius 3 is 1.00 bits per heavy atom. The number of aryl methyl sites for hydroxylation is 4. The highest BCUT2D eigenvalue weighted by molar-refractivity contribution is 5.29. The van der Waals surface area contributed by atoms with Crippen LogP contribution in [-0.2, 0) is 45.2 Å². The molecule has 4 heteroatoms. The average molecular weight is 352 g/mol. The van der Waals surface area contributed by atoms with Crippen molar-refractivity contribution in [2.24, 2.45) is 0 Å². The summed E-state index contributed by atoms with van der Waals surface area (Å²) in [5, 5.41) is 0. The van der Waals surface area contributed by atoms with Gasteiger partial charge < -0.3 is 0 Å². The highest BCUT2D eigenvalue weighted by Gasteiger charge is 2.49. The second kappa shape index (κ2) is 6.46. The summed E-state index contributed by atoms with van der Waals surface area (Å²) in [5.41, 5.74) is 5.45. The second-order valence-corrected chi connectivity index (χ2v) is 7.69. The van der Waals surface area contributed by atoms with Gasteiger partial charge in [0.15, 0.2) is 0 Å². The third-order valence-electron chi connectivity index (χ3n) is 6.03. The van der Waals surface area contributed by atoms with Crippen molar-refractivity contribution in [3.63, 3.8) is 0 Å². The zero-order chi connectivity index (χ0) is 17.5. The van der Waals surface area contributed by atoms with Gasteiger partial charge >= 0.3 is 0 Å². The largest absolute Gasteiger partial charge is 0.234 e. The van der Waals surface area contributed by atoms with E-state index in [4.69, 9.17) is 19.6 Å². The van der Waals surface area contributed by atoms with Crippen LogP contribution in [0.3, 0.4) is 0 Å². The minimum Gasteiger partial charge on any atom is -0.195 e. The van der Waals surface area contributed by atoms with Gasteiger partial charge in [0.1, 0.15) is 0 Å². The Hall–Kier alpha value is -1.72. The van der Waals surface area contributed by atoms with Crippen LogP contribution in [-0.4, -0.2) is 11.6 Å². The van der Waals surface area contributed by atoms with Gasteiger partial charge in [-0.1, -0.05) is 48.5 Å². The van der Waals surface area contributed by atoms with Gasteiger partial charge in [0.25, 0.3) is 0 Å². The van der Waals surface area contributed by atoms with Gasteiger partial charge in [-0.2, -0.15) is 19.6 Å². The maximum atomic E-state index is 5.92. The van der Waals surface area contributed by atoms with Crippen LogP contribution in [0.5, 0.6) is 0 Å². The van der Waals surface area contributed by atoms with E-state index < -0.39 is 11.6 Å². The first-order chi connectivity index (χ1) is 12.8. The topological polar surface area (TPSA) is 36.9 Å². The van der Waals surface area contributed by atoms with Crippen molar-refractivity contribution >= 4 is 0 Å². The molecule has 26 heavy (non-hydrogen) atoms. The van der Waals surface area contributed by atoms with Crippen LogP contribution in [0.1, 0.15) is 47.9 Å². The lowest BCUT2D eigenvalue weighted by molar-refractivity contribution is -0.659. The van der Waals surface area contributed by atoms with Gasteiger partial charge in [0, 0.05) is 25.7 Å². The van der Waals surface area contributed by atoms with Crippen molar-refractivity contribution in [3.05, 3.63) is 70.8 Å². The van der Waals surface area contributed by atoms with E-state index in [1.54, 1.807) is 0 Å². The van der Waals surface area contributed by atoms with Crippen molar-refractivity contribution < 1.29 is 19.6 Å². The fourth-order valence-corrected chi connectivity index (χ4v) is 4.31. The third-order valence-corrected chi connectivity index (χ3v) is 6.03. The number of benzene rings is 2. The summed E-state index contributed by atoms with van der Waals surface area (Å²) in [6.45, 7) is 0. The molecule has 136 valence electrons. The van der Waals surface area contributed by atoms with Crippen LogP contribution >= 0.6 is 0 Å². The molecule has 2 aromatic rings. The standard InChI is InChI=1S/C22H24O4/c1-2-6-18-10-14-21(13-9-17(18)5-1)23-25-22(26-24-21)15-11-19-7-3-4-8-20(19)12-16-22/h1-8H,9-16H2. The highest BCUT2D eigenvalue weighted by Crippen LogP contribution is 2.42. The molecule has 1 aliphatic heterocycles. The molecule has 2 aromatic carbocycles. The summed E-state index contributed by atoms with van der Waals surface area (Å²) in [6.07, 6.45) is 6.56. The molecule has 1 fully saturated rings. The Labute approximate surface area is 153 Å². The van der Waals surface area contributed by atoms with Gasteiger partial charge in [0.05, 0.1) is 0 Å². The molecule has 0 N–H and O–H groups in total. The van der Waals surface area contributed by atoms with Crippen LogP contribution in [0.4, 0.5) is 0 Å². The van der Waals surface area contributed by atoms with Crippen LogP contribution < -0.4 is 0 Å². The number of hydrogen-bond donors (Lipinski definition) is 0. The Balaban J connectivity index is 1.28. The van der Waals surface area contributed by atoms with Crippen LogP contribution in [0.2, 0.25) is 0 Å². The fourth-order valence-electron chi connectivity index (χ4n) is 4.31. The van der Waals surface area contributed by atoms with E-state index in [9.17, 15) is 0 Å².